The van der Waals surface area contributed by atoms with Gasteiger partial charge in [0.2, 0.25) is 5.91 Å². The molecule has 1 aromatic carbocycles. The number of thioether (sulfide) groups is 1. The van der Waals surface area contributed by atoms with E-state index in [-0.39, 0.29) is 11.9 Å². The highest BCUT2D eigenvalue weighted by Gasteiger charge is 2.09. The quantitative estimate of drug-likeness (QED) is 0.796. The molecule has 0 bridgehead atoms. The van der Waals surface area contributed by atoms with E-state index < -0.39 is 0 Å². The van der Waals surface area contributed by atoms with E-state index in [1.54, 1.807) is 0 Å². The summed E-state index contributed by atoms with van der Waals surface area (Å²) in [4.78, 5) is 11.9. The first-order chi connectivity index (χ1) is 10.1. The average Bonchev–Trinajstić information content (AvgIpc) is 2.90. The molecule has 2 rings (SSSR count). The highest BCUT2D eigenvalue weighted by Crippen LogP contribution is 2.21. The number of aromatic nitrogens is 2. The van der Waals surface area contributed by atoms with Crippen LogP contribution in [0.25, 0.3) is 0 Å². The molecule has 1 heterocycles. The molecule has 1 amide bonds. The topological polar surface area (TPSA) is 54.9 Å². The summed E-state index contributed by atoms with van der Waals surface area (Å²) in [6.45, 7) is 3.95. The first-order valence-electron chi connectivity index (χ1n) is 6.89. The van der Waals surface area contributed by atoms with E-state index in [4.69, 9.17) is 0 Å². The number of nitrogens with zero attached hydrogens (tertiary/aromatic N) is 2. The number of hydrogen-bond donors (Lipinski definition) is 1. The number of aryl methyl sites for hydroxylation is 2. The van der Waals surface area contributed by atoms with Crippen molar-refractivity contribution in [1.82, 2.24) is 15.5 Å². The Morgan fingerprint density at radius 1 is 1.33 bits per heavy atom. The molecule has 0 saturated carbocycles. The molecule has 1 atom stereocenters. The fourth-order valence-electron chi connectivity index (χ4n) is 1.88. The Morgan fingerprint density at radius 2 is 2.10 bits per heavy atom. The minimum Gasteiger partial charge on any atom is -0.353 e. The molecule has 0 radical (unpaired) electrons. The molecule has 4 nitrogen and oxygen atoms in total. The van der Waals surface area contributed by atoms with Gasteiger partial charge in [-0.3, -0.25) is 4.79 Å². The number of benzene rings is 1. The Hall–Kier alpha value is -1.40. The van der Waals surface area contributed by atoms with Gasteiger partial charge >= 0.3 is 0 Å². The molecule has 6 heteroatoms. The second-order valence-corrected chi connectivity index (χ2v) is 7.27. The van der Waals surface area contributed by atoms with Crippen molar-refractivity contribution in [2.45, 2.75) is 37.1 Å². The maximum absolute atomic E-state index is 11.9. The number of hydrogen-bond acceptors (Lipinski definition) is 5. The first-order valence-corrected chi connectivity index (χ1v) is 8.70. The van der Waals surface area contributed by atoms with Gasteiger partial charge in [-0.25, -0.2) is 0 Å². The lowest BCUT2D eigenvalue weighted by Gasteiger charge is -2.13. The summed E-state index contributed by atoms with van der Waals surface area (Å²) >= 11 is 2.96. The van der Waals surface area contributed by atoms with Gasteiger partial charge in [-0.2, -0.15) is 0 Å². The van der Waals surface area contributed by atoms with Gasteiger partial charge in [0, 0.05) is 6.04 Å². The Kier molecular flexibility index (Phi) is 6.20. The fraction of sp³-hybridized carbons (Fsp3) is 0.400. The number of rotatable bonds is 7. The largest absolute Gasteiger partial charge is 0.353 e. The molecule has 0 spiro atoms. The van der Waals surface area contributed by atoms with E-state index in [9.17, 15) is 4.79 Å². The van der Waals surface area contributed by atoms with E-state index in [2.05, 4.69) is 27.6 Å². The van der Waals surface area contributed by atoms with Crippen LogP contribution in [0, 0.1) is 6.92 Å². The molecule has 21 heavy (non-hydrogen) atoms. The predicted octanol–water partition coefficient (Wildman–Crippen LogP) is 3.08. The lowest BCUT2D eigenvalue weighted by Crippen LogP contribution is -2.34. The van der Waals surface area contributed by atoms with Crippen molar-refractivity contribution in [3.05, 3.63) is 40.9 Å². The standard InChI is InChI=1S/C15H19N3OS2/c1-11(8-9-13-6-4-3-5-7-13)16-14(19)10-20-15-18-17-12(2)21-15/h3-7,11H,8-10H2,1-2H3,(H,16,19). The van der Waals surface area contributed by atoms with E-state index in [1.165, 1.54) is 28.7 Å². The van der Waals surface area contributed by atoms with E-state index in [1.807, 2.05) is 32.0 Å². The molecule has 1 unspecified atom stereocenters. The molecule has 0 aliphatic rings. The van der Waals surface area contributed by atoms with Crippen molar-refractivity contribution in [2.75, 3.05) is 5.75 Å². The minimum atomic E-state index is 0.0495. The molecule has 2 aromatic rings. The maximum atomic E-state index is 11.9. The van der Waals surface area contributed by atoms with Crippen molar-refractivity contribution in [3.63, 3.8) is 0 Å². The third kappa shape index (κ3) is 5.85. The SMILES string of the molecule is Cc1nnc(SCC(=O)NC(C)CCc2ccccc2)s1. The molecular weight excluding hydrogens is 302 g/mol. The third-order valence-corrected chi connectivity index (χ3v) is 4.92. The van der Waals surface area contributed by atoms with Gasteiger partial charge in [0.1, 0.15) is 5.01 Å². The van der Waals surface area contributed by atoms with Crippen LogP contribution < -0.4 is 5.32 Å². The van der Waals surface area contributed by atoms with Crippen molar-refractivity contribution in [2.24, 2.45) is 0 Å². The number of carbonyl (C=O) groups excluding carboxylic acids is 1. The third-order valence-electron chi connectivity index (χ3n) is 2.95. The van der Waals surface area contributed by atoms with Crippen molar-refractivity contribution >= 4 is 29.0 Å². The van der Waals surface area contributed by atoms with Crippen molar-refractivity contribution in [3.8, 4) is 0 Å². The highest BCUT2D eigenvalue weighted by atomic mass is 32.2. The van der Waals surface area contributed by atoms with Gasteiger partial charge in [-0.15, -0.1) is 10.2 Å². The molecule has 112 valence electrons. The van der Waals surface area contributed by atoms with Crippen LogP contribution >= 0.6 is 23.1 Å². The van der Waals surface area contributed by atoms with Gasteiger partial charge in [0.15, 0.2) is 4.34 Å². The Labute approximate surface area is 133 Å². The molecule has 1 aromatic heterocycles. The van der Waals surface area contributed by atoms with Gasteiger partial charge in [-0.05, 0) is 32.3 Å². The summed E-state index contributed by atoms with van der Waals surface area (Å²) in [5, 5.41) is 11.9. The summed E-state index contributed by atoms with van der Waals surface area (Å²) in [6.07, 6.45) is 1.92. The predicted molar refractivity (Wildman–Crippen MR) is 87.7 cm³/mol. The molecule has 0 fully saturated rings. The second kappa shape index (κ2) is 8.14. The minimum absolute atomic E-state index is 0.0495. The van der Waals surface area contributed by atoms with Crippen LogP contribution in [0.2, 0.25) is 0 Å². The lowest BCUT2D eigenvalue weighted by molar-refractivity contribution is -0.119. The number of amides is 1. The van der Waals surface area contributed by atoms with Crippen molar-refractivity contribution < 1.29 is 4.79 Å². The number of carbonyl (C=O) groups is 1. The van der Waals surface area contributed by atoms with E-state index in [0.717, 1.165) is 22.2 Å². The first kappa shape index (κ1) is 16.0. The van der Waals surface area contributed by atoms with Crippen LogP contribution in [-0.2, 0) is 11.2 Å². The maximum Gasteiger partial charge on any atom is 0.230 e. The zero-order valence-corrected chi connectivity index (χ0v) is 13.8. The Morgan fingerprint density at radius 3 is 2.76 bits per heavy atom. The number of nitrogens with one attached hydrogen (secondary N) is 1. The smallest absolute Gasteiger partial charge is 0.230 e. The van der Waals surface area contributed by atoms with Crippen LogP contribution in [0.3, 0.4) is 0 Å². The normalized spacial score (nSPS) is 12.1. The zero-order valence-electron chi connectivity index (χ0n) is 12.2. The fourth-order valence-corrected chi connectivity index (χ4v) is 3.51. The van der Waals surface area contributed by atoms with Crippen LogP contribution in [-0.4, -0.2) is 27.9 Å². The Balaban J connectivity index is 1.67. The Bertz CT molecular complexity index is 571. The highest BCUT2D eigenvalue weighted by molar-refractivity contribution is 8.01. The van der Waals surface area contributed by atoms with Gasteiger partial charge in [0.25, 0.3) is 0 Å². The summed E-state index contributed by atoms with van der Waals surface area (Å²) in [7, 11) is 0. The lowest BCUT2D eigenvalue weighted by atomic mass is 10.1. The van der Waals surface area contributed by atoms with E-state index >= 15 is 0 Å². The molecule has 0 aliphatic carbocycles. The molecular formula is C15H19N3OS2. The summed E-state index contributed by atoms with van der Waals surface area (Å²) in [5.74, 6) is 0.443. The monoisotopic (exact) mass is 321 g/mol. The summed E-state index contributed by atoms with van der Waals surface area (Å²) in [6, 6.07) is 10.5. The van der Waals surface area contributed by atoms with Crippen LogP contribution in [0.15, 0.2) is 34.7 Å². The average molecular weight is 321 g/mol. The van der Waals surface area contributed by atoms with Crippen LogP contribution in [0.1, 0.15) is 23.9 Å². The molecule has 1 N–H and O–H groups in total. The van der Waals surface area contributed by atoms with Crippen LogP contribution in [0.5, 0.6) is 0 Å². The van der Waals surface area contributed by atoms with E-state index in [0.29, 0.717) is 5.75 Å². The molecule has 0 aliphatic heterocycles. The zero-order chi connectivity index (χ0) is 15.1. The second-order valence-electron chi connectivity index (χ2n) is 4.87. The van der Waals surface area contributed by atoms with Gasteiger partial charge < -0.3 is 5.32 Å². The molecule has 0 saturated heterocycles. The van der Waals surface area contributed by atoms with Gasteiger partial charge in [-0.1, -0.05) is 53.4 Å². The van der Waals surface area contributed by atoms with Gasteiger partial charge in [0.05, 0.1) is 5.75 Å². The van der Waals surface area contributed by atoms with Crippen LogP contribution in [0.4, 0.5) is 0 Å². The summed E-state index contributed by atoms with van der Waals surface area (Å²) < 4.78 is 0.847. The van der Waals surface area contributed by atoms with Crippen molar-refractivity contribution in [1.29, 1.82) is 0 Å². The summed E-state index contributed by atoms with van der Waals surface area (Å²) in [5.41, 5.74) is 1.30.